The summed E-state index contributed by atoms with van der Waals surface area (Å²) in [6.07, 6.45) is -6.99. The predicted octanol–water partition coefficient (Wildman–Crippen LogP) is 0.413. The van der Waals surface area contributed by atoms with E-state index in [0.717, 1.165) is 11.8 Å². The number of nitrogens with two attached hydrogens (primary N) is 1. The number of thioether (sulfide) groups is 1. The highest BCUT2D eigenvalue weighted by Crippen LogP contribution is 2.25. The highest BCUT2D eigenvalue weighted by molar-refractivity contribution is 7.99. The fraction of sp³-hybridized carbons (Fsp3) is 0.667. The highest BCUT2D eigenvalue weighted by atomic mass is 32.2. The topological polar surface area (TPSA) is 77.0 Å². The minimum absolute atomic E-state index is 0.110. The van der Waals surface area contributed by atoms with Crippen LogP contribution in [0.4, 0.5) is 19.1 Å². The number of rotatable bonds is 3. The Hall–Kier alpha value is -0.960. The predicted molar refractivity (Wildman–Crippen MR) is 48.2 cm³/mol. The maximum Gasteiger partial charge on any atom is 0.415 e. The molecule has 15 heavy (non-hydrogen) atoms. The van der Waals surface area contributed by atoms with E-state index in [1.807, 2.05) is 0 Å². The molecule has 1 heterocycles. The van der Waals surface area contributed by atoms with E-state index < -0.39 is 18.0 Å². The molecule has 0 aliphatic heterocycles. The largest absolute Gasteiger partial charge is 0.415 e. The molecule has 3 N–H and O–H groups in total. The fourth-order valence-electron chi connectivity index (χ4n) is 0.700. The molecule has 0 fully saturated rings. The molecule has 1 aromatic heterocycles. The Kier molecular flexibility index (Phi) is 3.45. The van der Waals surface area contributed by atoms with Crippen LogP contribution in [-0.4, -0.2) is 37.9 Å². The van der Waals surface area contributed by atoms with E-state index >= 15 is 0 Å². The molecule has 0 aliphatic rings. The molecule has 0 spiro atoms. The van der Waals surface area contributed by atoms with E-state index in [4.69, 9.17) is 10.8 Å². The van der Waals surface area contributed by atoms with Gasteiger partial charge in [-0.05, 0) is 0 Å². The first-order valence-corrected chi connectivity index (χ1v) is 4.83. The summed E-state index contributed by atoms with van der Waals surface area (Å²) in [4.78, 5) is 0. The Morgan fingerprint density at radius 1 is 1.53 bits per heavy atom. The average molecular weight is 242 g/mol. The lowest BCUT2D eigenvalue weighted by Gasteiger charge is -2.13. The molecule has 1 unspecified atom stereocenters. The second-order valence-corrected chi connectivity index (χ2v) is 3.76. The first kappa shape index (κ1) is 12.1. The first-order chi connectivity index (χ1) is 6.82. The number of halogens is 3. The van der Waals surface area contributed by atoms with Gasteiger partial charge in [-0.25, -0.2) is 0 Å². The maximum atomic E-state index is 11.9. The molecule has 1 atom stereocenters. The molecule has 0 amide bonds. The summed E-state index contributed by atoms with van der Waals surface area (Å²) in [6, 6.07) is 0. The number of nitrogens with zero attached hydrogens (tertiary/aromatic N) is 3. The Morgan fingerprint density at radius 3 is 2.53 bits per heavy atom. The van der Waals surface area contributed by atoms with E-state index in [2.05, 4.69) is 10.2 Å². The molecule has 1 aromatic rings. The van der Waals surface area contributed by atoms with Crippen LogP contribution in [0.5, 0.6) is 0 Å². The molecule has 9 heteroatoms. The van der Waals surface area contributed by atoms with Crippen molar-refractivity contribution in [2.45, 2.75) is 17.4 Å². The summed E-state index contributed by atoms with van der Waals surface area (Å²) in [5, 5.41) is 15.9. The van der Waals surface area contributed by atoms with Gasteiger partial charge in [0.1, 0.15) is 0 Å². The Labute approximate surface area is 87.5 Å². The number of aliphatic hydroxyl groups excluding tert-OH is 1. The van der Waals surface area contributed by atoms with Crippen LogP contribution in [0.1, 0.15) is 0 Å². The quantitative estimate of drug-likeness (QED) is 0.751. The molecule has 1 rings (SSSR count). The molecular formula is C6H9F3N4OS. The van der Waals surface area contributed by atoms with Crippen molar-refractivity contribution in [3.8, 4) is 0 Å². The number of alkyl halides is 3. The third-order valence-corrected chi connectivity index (χ3v) is 2.71. The van der Waals surface area contributed by atoms with Gasteiger partial charge >= 0.3 is 6.18 Å². The SMILES string of the molecule is Cn1c(N)nnc1SCC(O)C(F)(F)F. The van der Waals surface area contributed by atoms with E-state index in [-0.39, 0.29) is 11.1 Å². The van der Waals surface area contributed by atoms with Crippen molar-refractivity contribution in [3.63, 3.8) is 0 Å². The van der Waals surface area contributed by atoms with Crippen molar-refractivity contribution >= 4 is 17.7 Å². The van der Waals surface area contributed by atoms with Gasteiger partial charge in [-0.3, -0.25) is 4.57 Å². The maximum absolute atomic E-state index is 11.9. The number of aromatic nitrogens is 3. The summed E-state index contributed by atoms with van der Waals surface area (Å²) in [6.45, 7) is 0. The van der Waals surface area contributed by atoms with E-state index in [9.17, 15) is 13.2 Å². The standard InChI is InChI=1S/C6H9F3N4OS/c1-13-4(10)11-12-5(13)15-2-3(14)6(7,8)9/h3,14H,2H2,1H3,(H2,10,11). The first-order valence-electron chi connectivity index (χ1n) is 3.85. The van der Waals surface area contributed by atoms with Gasteiger partial charge < -0.3 is 10.8 Å². The normalized spacial score (nSPS) is 14.2. The summed E-state index contributed by atoms with van der Waals surface area (Å²) in [7, 11) is 1.53. The van der Waals surface area contributed by atoms with Crippen LogP contribution >= 0.6 is 11.8 Å². The zero-order valence-electron chi connectivity index (χ0n) is 7.69. The molecule has 0 saturated heterocycles. The number of nitrogen functional groups attached to an aromatic ring is 1. The zero-order valence-corrected chi connectivity index (χ0v) is 8.51. The lowest BCUT2D eigenvalue weighted by molar-refractivity contribution is -0.195. The molecule has 86 valence electrons. The summed E-state index contributed by atoms with van der Waals surface area (Å²) >= 11 is 0.742. The van der Waals surface area contributed by atoms with Gasteiger partial charge in [0.2, 0.25) is 5.95 Å². The Balaban J connectivity index is 2.55. The van der Waals surface area contributed by atoms with Crippen molar-refractivity contribution in [2.75, 3.05) is 11.5 Å². The molecule has 0 aromatic carbocycles. The molecular weight excluding hydrogens is 233 g/mol. The third-order valence-electron chi connectivity index (χ3n) is 1.62. The van der Waals surface area contributed by atoms with E-state index in [1.165, 1.54) is 11.6 Å². The zero-order chi connectivity index (χ0) is 11.6. The highest BCUT2D eigenvalue weighted by Gasteiger charge is 2.38. The van der Waals surface area contributed by atoms with Gasteiger partial charge in [0.05, 0.1) is 0 Å². The molecule has 0 aliphatic carbocycles. The van der Waals surface area contributed by atoms with Crippen LogP contribution < -0.4 is 5.73 Å². The number of hydrogen-bond acceptors (Lipinski definition) is 5. The van der Waals surface area contributed by atoms with Crippen LogP contribution in [0.3, 0.4) is 0 Å². The van der Waals surface area contributed by atoms with E-state index in [1.54, 1.807) is 0 Å². The molecule has 0 radical (unpaired) electrons. The van der Waals surface area contributed by atoms with Crippen molar-refractivity contribution in [1.29, 1.82) is 0 Å². The van der Waals surface area contributed by atoms with Crippen molar-refractivity contribution in [1.82, 2.24) is 14.8 Å². The minimum Gasteiger partial charge on any atom is -0.383 e. The van der Waals surface area contributed by atoms with Crippen molar-refractivity contribution in [3.05, 3.63) is 0 Å². The lowest BCUT2D eigenvalue weighted by Crippen LogP contribution is -2.30. The second-order valence-electron chi connectivity index (χ2n) is 2.77. The minimum atomic E-state index is -4.61. The summed E-state index contributed by atoms with van der Waals surface area (Å²) < 4.78 is 37.1. The van der Waals surface area contributed by atoms with Crippen LogP contribution in [0.2, 0.25) is 0 Å². The monoisotopic (exact) mass is 242 g/mol. The van der Waals surface area contributed by atoms with Crippen molar-refractivity contribution < 1.29 is 18.3 Å². The van der Waals surface area contributed by atoms with Crippen LogP contribution in [0.25, 0.3) is 0 Å². The average Bonchev–Trinajstić information content (AvgIpc) is 2.43. The van der Waals surface area contributed by atoms with Crippen LogP contribution in [0, 0.1) is 0 Å². The summed E-state index contributed by atoms with van der Waals surface area (Å²) in [5.41, 5.74) is 5.32. The van der Waals surface area contributed by atoms with Gasteiger partial charge in [-0.2, -0.15) is 13.2 Å². The molecule has 5 nitrogen and oxygen atoms in total. The fourth-order valence-corrected chi connectivity index (χ4v) is 1.58. The summed E-state index contributed by atoms with van der Waals surface area (Å²) in [5.74, 6) is -0.422. The smallest absolute Gasteiger partial charge is 0.383 e. The van der Waals surface area contributed by atoms with Crippen LogP contribution in [0.15, 0.2) is 5.16 Å². The van der Waals surface area contributed by atoms with Gasteiger partial charge in [-0.1, -0.05) is 11.8 Å². The molecule has 0 saturated carbocycles. The van der Waals surface area contributed by atoms with Gasteiger partial charge in [-0.15, -0.1) is 10.2 Å². The van der Waals surface area contributed by atoms with Crippen molar-refractivity contribution in [2.24, 2.45) is 7.05 Å². The third kappa shape index (κ3) is 2.99. The Morgan fingerprint density at radius 2 is 2.13 bits per heavy atom. The van der Waals surface area contributed by atoms with Gasteiger partial charge in [0.25, 0.3) is 0 Å². The lowest BCUT2D eigenvalue weighted by atomic mass is 10.4. The van der Waals surface area contributed by atoms with Gasteiger partial charge in [0, 0.05) is 12.8 Å². The second kappa shape index (κ2) is 4.27. The number of hydrogen-bond donors (Lipinski definition) is 2. The molecule has 0 bridgehead atoms. The van der Waals surface area contributed by atoms with Gasteiger partial charge in [0.15, 0.2) is 11.3 Å². The van der Waals surface area contributed by atoms with Crippen LogP contribution in [-0.2, 0) is 7.05 Å². The number of aliphatic hydroxyl groups is 1. The van der Waals surface area contributed by atoms with E-state index in [0.29, 0.717) is 0 Å². The Bertz CT molecular complexity index is 340. The number of anilines is 1.